The number of hydrogen-bond donors (Lipinski definition) is 1. The zero-order valence-electron chi connectivity index (χ0n) is 24.8. The highest BCUT2D eigenvalue weighted by atomic mass is 16.6. The van der Waals surface area contributed by atoms with E-state index in [1.807, 2.05) is 50.2 Å². The lowest BCUT2D eigenvalue weighted by Crippen LogP contribution is -2.49. The van der Waals surface area contributed by atoms with Crippen LogP contribution in [0.25, 0.3) is 0 Å². The Labute approximate surface area is 243 Å². The molecule has 41 heavy (non-hydrogen) atoms. The van der Waals surface area contributed by atoms with Crippen molar-refractivity contribution in [3.8, 4) is 5.75 Å². The largest absolute Gasteiger partial charge is 0.492 e. The molecular weight excluding hydrogens is 524 g/mol. The van der Waals surface area contributed by atoms with Gasteiger partial charge in [-0.15, -0.1) is 0 Å². The number of carbonyl (C=O) groups excluding carboxylic acids is 3. The van der Waals surface area contributed by atoms with Gasteiger partial charge in [-0.05, 0) is 67.8 Å². The summed E-state index contributed by atoms with van der Waals surface area (Å²) in [4.78, 5) is 42.5. The average Bonchev–Trinajstić information content (AvgIpc) is 2.98. The molecule has 3 rings (SSSR count). The van der Waals surface area contributed by atoms with E-state index in [-0.39, 0.29) is 18.1 Å². The van der Waals surface area contributed by atoms with Crippen LogP contribution in [0.3, 0.4) is 0 Å². The fourth-order valence-corrected chi connectivity index (χ4v) is 4.23. The molecule has 0 spiro atoms. The van der Waals surface area contributed by atoms with Crippen molar-refractivity contribution in [2.75, 3.05) is 69.8 Å². The normalized spacial score (nSPS) is 13.0. The first kappa shape index (κ1) is 31.6. The monoisotopic (exact) mass is 568 g/mol. The molecule has 0 radical (unpaired) electrons. The molecule has 0 aliphatic carbocycles. The highest BCUT2D eigenvalue weighted by Crippen LogP contribution is 2.23. The van der Waals surface area contributed by atoms with Crippen molar-refractivity contribution < 1.29 is 28.6 Å². The summed E-state index contributed by atoms with van der Waals surface area (Å²) in [6.45, 7) is 10.3. The number of nitrogens with zero attached hydrogens (tertiary/aromatic N) is 3. The molecule has 0 unspecified atom stereocenters. The summed E-state index contributed by atoms with van der Waals surface area (Å²) >= 11 is 0. The maximum absolute atomic E-state index is 12.9. The average molecular weight is 569 g/mol. The van der Waals surface area contributed by atoms with E-state index in [0.29, 0.717) is 69.5 Å². The number of aryl methyl sites for hydroxylation is 1. The molecular formula is C31H44N4O6. The summed E-state index contributed by atoms with van der Waals surface area (Å²) in [7, 11) is 1.68. The number of anilines is 2. The second-order valence-corrected chi connectivity index (χ2v) is 10.2. The van der Waals surface area contributed by atoms with Crippen molar-refractivity contribution in [1.29, 1.82) is 0 Å². The number of ether oxygens (including phenoxy) is 3. The molecule has 3 amide bonds. The van der Waals surface area contributed by atoms with Crippen LogP contribution in [-0.2, 0) is 9.47 Å². The van der Waals surface area contributed by atoms with Crippen LogP contribution in [0.4, 0.5) is 21.0 Å². The topological polar surface area (TPSA) is 101 Å². The minimum Gasteiger partial charge on any atom is -0.492 e. The number of likely N-dealkylation sites (N-methyl/N-ethyl adjacent to an activating group) is 1. The Morgan fingerprint density at radius 1 is 0.878 bits per heavy atom. The Morgan fingerprint density at radius 3 is 2.17 bits per heavy atom. The van der Waals surface area contributed by atoms with Crippen molar-refractivity contribution in [2.24, 2.45) is 0 Å². The first-order valence-corrected chi connectivity index (χ1v) is 14.5. The Balaban J connectivity index is 1.44. The van der Waals surface area contributed by atoms with Crippen LogP contribution in [-0.4, -0.2) is 87.5 Å². The van der Waals surface area contributed by atoms with E-state index in [0.717, 1.165) is 36.9 Å². The molecule has 2 aromatic rings. The summed E-state index contributed by atoms with van der Waals surface area (Å²) in [6, 6.07) is 13.0. The lowest BCUT2D eigenvalue weighted by Gasteiger charge is -2.35. The van der Waals surface area contributed by atoms with Gasteiger partial charge >= 0.3 is 12.2 Å². The van der Waals surface area contributed by atoms with E-state index in [1.165, 1.54) is 4.90 Å². The zero-order valence-corrected chi connectivity index (χ0v) is 24.8. The quantitative estimate of drug-likeness (QED) is 0.316. The van der Waals surface area contributed by atoms with Crippen molar-refractivity contribution in [3.05, 3.63) is 53.6 Å². The van der Waals surface area contributed by atoms with Gasteiger partial charge in [0, 0.05) is 50.2 Å². The molecule has 0 bridgehead atoms. The molecule has 0 aromatic heterocycles. The predicted molar refractivity (Wildman–Crippen MR) is 160 cm³/mol. The van der Waals surface area contributed by atoms with Crippen molar-refractivity contribution in [2.45, 2.75) is 46.5 Å². The van der Waals surface area contributed by atoms with Crippen LogP contribution in [0.5, 0.6) is 5.75 Å². The van der Waals surface area contributed by atoms with Gasteiger partial charge in [0.05, 0.1) is 19.8 Å². The van der Waals surface area contributed by atoms with Crippen LogP contribution in [0.15, 0.2) is 42.5 Å². The SMILES string of the molecule is CCCCOC(=O)N(C)CCOc1ccc(NC(=O)c2ccc(N3CCN(C(=O)OCCCC)CC3)cc2)c(C)c1. The molecule has 0 atom stereocenters. The molecule has 10 nitrogen and oxygen atoms in total. The first-order valence-electron chi connectivity index (χ1n) is 14.5. The molecule has 1 aliphatic rings. The smallest absolute Gasteiger partial charge is 0.409 e. The van der Waals surface area contributed by atoms with Crippen LogP contribution in [0.1, 0.15) is 55.5 Å². The van der Waals surface area contributed by atoms with Gasteiger partial charge in [-0.2, -0.15) is 0 Å². The lowest BCUT2D eigenvalue weighted by atomic mass is 10.1. The number of piperazine rings is 1. The molecule has 0 saturated carbocycles. The highest BCUT2D eigenvalue weighted by Gasteiger charge is 2.22. The summed E-state index contributed by atoms with van der Waals surface area (Å²) < 4.78 is 16.3. The van der Waals surface area contributed by atoms with Crippen molar-refractivity contribution >= 4 is 29.5 Å². The first-order chi connectivity index (χ1) is 19.8. The fourth-order valence-electron chi connectivity index (χ4n) is 4.23. The van der Waals surface area contributed by atoms with E-state index >= 15 is 0 Å². The van der Waals surface area contributed by atoms with E-state index in [2.05, 4.69) is 17.1 Å². The standard InChI is InChI=1S/C31H44N4O6/c1-5-7-20-40-30(37)33(4)19-22-39-27-13-14-28(24(3)23-27)32-29(36)25-9-11-26(12-10-25)34-15-17-35(18-16-34)31(38)41-21-8-6-2/h9-14,23H,5-8,15-22H2,1-4H3,(H,32,36). The Morgan fingerprint density at radius 2 is 1.54 bits per heavy atom. The summed E-state index contributed by atoms with van der Waals surface area (Å²) in [6.07, 6.45) is 3.10. The van der Waals surface area contributed by atoms with Crippen molar-refractivity contribution in [3.63, 3.8) is 0 Å². The molecule has 224 valence electrons. The van der Waals surface area contributed by atoms with Gasteiger partial charge in [0.25, 0.3) is 5.91 Å². The number of amides is 3. The lowest BCUT2D eigenvalue weighted by molar-refractivity contribution is 0.0987. The molecule has 1 saturated heterocycles. The minimum atomic E-state index is -0.355. The molecule has 10 heteroatoms. The fraction of sp³-hybridized carbons (Fsp3) is 0.516. The van der Waals surface area contributed by atoms with Gasteiger partial charge < -0.3 is 34.2 Å². The van der Waals surface area contributed by atoms with Gasteiger partial charge in [0.15, 0.2) is 0 Å². The third-order valence-electron chi connectivity index (χ3n) is 6.93. The Kier molecular flexibility index (Phi) is 12.6. The van der Waals surface area contributed by atoms with Gasteiger partial charge in [-0.25, -0.2) is 9.59 Å². The highest BCUT2D eigenvalue weighted by molar-refractivity contribution is 6.04. The maximum Gasteiger partial charge on any atom is 0.409 e. The van der Waals surface area contributed by atoms with E-state index in [9.17, 15) is 14.4 Å². The van der Waals surface area contributed by atoms with Crippen LogP contribution in [0.2, 0.25) is 0 Å². The van der Waals surface area contributed by atoms with Crippen LogP contribution < -0.4 is 15.0 Å². The molecule has 1 heterocycles. The minimum absolute atomic E-state index is 0.198. The van der Waals surface area contributed by atoms with Crippen molar-refractivity contribution in [1.82, 2.24) is 9.80 Å². The van der Waals surface area contributed by atoms with Gasteiger partial charge in [-0.1, -0.05) is 26.7 Å². The molecule has 1 N–H and O–H groups in total. The van der Waals surface area contributed by atoms with Crippen LogP contribution >= 0.6 is 0 Å². The maximum atomic E-state index is 12.9. The second-order valence-electron chi connectivity index (χ2n) is 10.2. The van der Waals surface area contributed by atoms with Crippen LogP contribution in [0, 0.1) is 6.92 Å². The van der Waals surface area contributed by atoms with E-state index < -0.39 is 0 Å². The van der Waals surface area contributed by atoms with E-state index in [4.69, 9.17) is 14.2 Å². The number of hydrogen-bond acceptors (Lipinski definition) is 7. The number of carbonyl (C=O) groups is 3. The number of benzene rings is 2. The third-order valence-corrected chi connectivity index (χ3v) is 6.93. The molecule has 1 aliphatic heterocycles. The number of unbranched alkanes of at least 4 members (excludes halogenated alkanes) is 2. The van der Waals surface area contributed by atoms with Gasteiger partial charge in [-0.3, -0.25) is 4.79 Å². The van der Waals surface area contributed by atoms with Gasteiger partial charge in [0.2, 0.25) is 0 Å². The Bertz CT molecular complexity index is 1130. The summed E-state index contributed by atoms with van der Waals surface area (Å²) in [5, 5.41) is 2.97. The predicted octanol–water partition coefficient (Wildman–Crippen LogP) is 5.55. The summed E-state index contributed by atoms with van der Waals surface area (Å²) in [5.74, 6) is 0.461. The zero-order chi connectivity index (χ0) is 29.6. The van der Waals surface area contributed by atoms with E-state index in [1.54, 1.807) is 18.0 Å². The van der Waals surface area contributed by atoms with Gasteiger partial charge in [0.1, 0.15) is 12.4 Å². The summed E-state index contributed by atoms with van der Waals surface area (Å²) in [5.41, 5.74) is 3.13. The third kappa shape index (κ3) is 9.88. The second kappa shape index (κ2) is 16.3. The molecule has 1 fully saturated rings. The molecule has 2 aromatic carbocycles. The Hall–Kier alpha value is -3.95. The number of nitrogens with one attached hydrogen (secondary N) is 1. The number of rotatable bonds is 13.